The second-order valence-electron chi connectivity index (χ2n) is 10.1. The zero-order valence-corrected chi connectivity index (χ0v) is 20.2. The lowest BCUT2D eigenvalue weighted by molar-refractivity contribution is 0.0746. The van der Waals surface area contributed by atoms with Crippen LogP contribution in [0.2, 0.25) is 0 Å². The van der Waals surface area contributed by atoms with E-state index in [4.69, 9.17) is 4.74 Å². The lowest BCUT2D eigenvalue weighted by Gasteiger charge is -2.36. The van der Waals surface area contributed by atoms with Crippen molar-refractivity contribution in [1.82, 2.24) is 0 Å². The molecule has 2 atom stereocenters. The quantitative estimate of drug-likeness (QED) is 0.337. The average Bonchev–Trinajstić information content (AvgIpc) is 2.69. The van der Waals surface area contributed by atoms with Gasteiger partial charge in [0.25, 0.3) is 0 Å². The largest absolute Gasteiger partial charge is 0.488 e. The second kappa shape index (κ2) is 9.89. The number of fused-ring (bicyclic) bond motifs is 1. The summed E-state index contributed by atoms with van der Waals surface area (Å²) in [7, 11) is 0. The molecule has 3 nitrogen and oxygen atoms in total. The fourth-order valence-electron chi connectivity index (χ4n) is 4.78. The summed E-state index contributed by atoms with van der Waals surface area (Å²) in [6.07, 6.45) is 4.76. The molecule has 3 rings (SSSR count). The summed E-state index contributed by atoms with van der Waals surface area (Å²) in [4.78, 5) is 12.7. The van der Waals surface area contributed by atoms with Crippen molar-refractivity contribution in [2.24, 2.45) is 5.92 Å². The maximum absolute atomic E-state index is 12.7. The predicted octanol–water partition coefficient (Wildman–Crippen LogP) is 7.46. The minimum atomic E-state index is -0.138. The van der Waals surface area contributed by atoms with E-state index in [1.165, 1.54) is 22.4 Å². The number of aryl methyl sites for hydroxylation is 2. The molecule has 31 heavy (non-hydrogen) atoms. The summed E-state index contributed by atoms with van der Waals surface area (Å²) in [6.45, 7) is 14.0. The van der Waals surface area contributed by atoms with Crippen LogP contribution in [0.5, 0.6) is 5.75 Å². The number of ketones is 1. The van der Waals surface area contributed by atoms with Crippen molar-refractivity contribution in [1.29, 1.82) is 0 Å². The van der Waals surface area contributed by atoms with Gasteiger partial charge in [-0.2, -0.15) is 0 Å². The van der Waals surface area contributed by atoms with Crippen LogP contribution in [0.4, 0.5) is 5.69 Å². The number of rotatable bonds is 9. The van der Waals surface area contributed by atoms with Crippen molar-refractivity contribution in [3.8, 4) is 5.75 Å². The topological polar surface area (TPSA) is 38.3 Å². The molecule has 2 aromatic rings. The number of ether oxygens (including phenoxy) is 1. The third-order valence-corrected chi connectivity index (χ3v) is 6.51. The standard InChI is InChI=1S/C28H39NO2/c1-19(18-29-27-20(2)11-9-12-21(27)3)10-7-8-13-25(30)23-14-15-26-24(16-23)22(4)17-28(5,6)31-26/h9,11-12,14-16,19,22,29H,7-8,10,13,17-18H2,1-6H3. The normalized spacial score (nSPS) is 18.1. The monoisotopic (exact) mass is 421 g/mol. The highest BCUT2D eigenvalue weighted by Crippen LogP contribution is 2.41. The van der Waals surface area contributed by atoms with Gasteiger partial charge in [-0.1, -0.05) is 38.5 Å². The van der Waals surface area contributed by atoms with E-state index in [1.54, 1.807) is 0 Å². The molecule has 0 saturated carbocycles. The van der Waals surface area contributed by atoms with Gasteiger partial charge < -0.3 is 10.1 Å². The van der Waals surface area contributed by atoms with Gasteiger partial charge in [-0.3, -0.25) is 4.79 Å². The number of para-hydroxylation sites is 1. The van der Waals surface area contributed by atoms with Gasteiger partial charge >= 0.3 is 0 Å². The summed E-state index contributed by atoms with van der Waals surface area (Å²) in [5.41, 5.74) is 5.73. The third-order valence-electron chi connectivity index (χ3n) is 6.51. The Morgan fingerprint density at radius 2 is 1.87 bits per heavy atom. The van der Waals surface area contributed by atoms with Crippen LogP contribution in [0, 0.1) is 19.8 Å². The zero-order chi connectivity index (χ0) is 22.6. The second-order valence-corrected chi connectivity index (χ2v) is 10.1. The number of hydrogen-bond acceptors (Lipinski definition) is 3. The Morgan fingerprint density at radius 1 is 1.16 bits per heavy atom. The minimum Gasteiger partial charge on any atom is -0.488 e. The van der Waals surface area contributed by atoms with Gasteiger partial charge in [0.15, 0.2) is 5.78 Å². The summed E-state index contributed by atoms with van der Waals surface area (Å²) < 4.78 is 6.10. The van der Waals surface area contributed by atoms with Crippen LogP contribution in [0.15, 0.2) is 36.4 Å². The van der Waals surface area contributed by atoms with E-state index in [9.17, 15) is 4.79 Å². The molecule has 0 saturated heterocycles. The van der Waals surface area contributed by atoms with Gasteiger partial charge in [0.2, 0.25) is 0 Å². The molecule has 0 fully saturated rings. The lowest BCUT2D eigenvalue weighted by atomic mass is 9.84. The smallest absolute Gasteiger partial charge is 0.162 e. The van der Waals surface area contributed by atoms with Gasteiger partial charge in [0.1, 0.15) is 11.4 Å². The first-order chi connectivity index (χ1) is 14.7. The van der Waals surface area contributed by atoms with Gasteiger partial charge in [-0.05, 0) is 93.7 Å². The Bertz CT molecular complexity index is 895. The Hall–Kier alpha value is -2.29. The summed E-state index contributed by atoms with van der Waals surface area (Å²) >= 11 is 0. The maximum Gasteiger partial charge on any atom is 0.162 e. The molecule has 0 spiro atoms. The Labute approximate surface area is 188 Å². The molecule has 1 aliphatic rings. The van der Waals surface area contributed by atoms with Crippen LogP contribution >= 0.6 is 0 Å². The molecule has 0 aromatic heterocycles. The number of anilines is 1. The maximum atomic E-state index is 12.7. The molecule has 2 unspecified atom stereocenters. The van der Waals surface area contributed by atoms with Crippen LogP contribution in [0.25, 0.3) is 0 Å². The van der Waals surface area contributed by atoms with Crippen molar-refractivity contribution < 1.29 is 9.53 Å². The van der Waals surface area contributed by atoms with Gasteiger partial charge in [0.05, 0.1) is 0 Å². The number of nitrogens with one attached hydrogen (secondary N) is 1. The number of hydrogen-bond donors (Lipinski definition) is 1. The van der Waals surface area contributed by atoms with Gasteiger partial charge in [0, 0.05) is 24.2 Å². The molecule has 1 heterocycles. The average molecular weight is 422 g/mol. The van der Waals surface area contributed by atoms with Crippen molar-refractivity contribution >= 4 is 11.5 Å². The highest BCUT2D eigenvalue weighted by molar-refractivity contribution is 5.96. The Morgan fingerprint density at radius 3 is 2.58 bits per heavy atom. The molecule has 0 aliphatic carbocycles. The predicted molar refractivity (Wildman–Crippen MR) is 131 cm³/mol. The molecule has 0 radical (unpaired) electrons. The molecule has 1 aliphatic heterocycles. The molecule has 168 valence electrons. The van der Waals surface area contributed by atoms with Crippen LogP contribution in [-0.4, -0.2) is 17.9 Å². The minimum absolute atomic E-state index is 0.138. The molecule has 0 amide bonds. The number of Topliss-reactive ketones (excluding diaryl/α,β-unsaturated/α-hetero) is 1. The number of carbonyl (C=O) groups excluding carboxylic acids is 1. The van der Waals surface area contributed by atoms with Gasteiger partial charge in [-0.15, -0.1) is 0 Å². The van der Waals surface area contributed by atoms with Crippen LogP contribution in [-0.2, 0) is 0 Å². The number of benzene rings is 2. The van der Waals surface area contributed by atoms with Crippen LogP contribution in [0.1, 0.15) is 92.8 Å². The first kappa shape index (κ1) is 23.4. The van der Waals surface area contributed by atoms with E-state index in [-0.39, 0.29) is 11.4 Å². The number of unbranched alkanes of at least 4 members (excludes halogenated alkanes) is 1. The van der Waals surface area contributed by atoms with Gasteiger partial charge in [-0.25, -0.2) is 0 Å². The summed E-state index contributed by atoms with van der Waals surface area (Å²) in [5, 5.41) is 3.62. The Balaban J connectivity index is 1.44. The number of carbonyl (C=O) groups is 1. The summed E-state index contributed by atoms with van der Waals surface area (Å²) in [5.74, 6) is 2.18. The molecule has 1 N–H and O–H groups in total. The first-order valence-electron chi connectivity index (χ1n) is 11.8. The van der Waals surface area contributed by atoms with E-state index in [2.05, 4.69) is 71.1 Å². The lowest BCUT2D eigenvalue weighted by Crippen LogP contribution is -2.34. The molecular weight excluding hydrogens is 382 g/mol. The van der Waals surface area contributed by atoms with Crippen LogP contribution < -0.4 is 10.1 Å². The molecular formula is C28H39NO2. The van der Waals surface area contributed by atoms with Crippen molar-refractivity contribution in [2.45, 2.75) is 85.2 Å². The Kier molecular flexibility index (Phi) is 7.46. The highest BCUT2D eigenvalue weighted by atomic mass is 16.5. The fraction of sp³-hybridized carbons (Fsp3) is 0.536. The molecule has 2 aromatic carbocycles. The van der Waals surface area contributed by atoms with E-state index in [0.29, 0.717) is 18.3 Å². The molecule has 0 bridgehead atoms. The SMILES string of the molecule is Cc1cccc(C)c1NCC(C)CCCCC(=O)c1ccc2c(c1)C(C)CC(C)(C)O2. The summed E-state index contributed by atoms with van der Waals surface area (Å²) in [6, 6.07) is 12.4. The molecule has 3 heteroatoms. The van der Waals surface area contributed by atoms with E-state index in [0.717, 1.165) is 43.5 Å². The third kappa shape index (κ3) is 6.12. The highest BCUT2D eigenvalue weighted by Gasteiger charge is 2.31. The first-order valence-corrected chi connectivity index (χ1v) is 11.8. The van der Waals surface area contributed by atoms with Crippen molar-refractivity contribution in [3.05, 3.63) is 58.7 Å². The van der Waals surface area contributed by atoms with E-state index < -0.39 is 0 Å². The van der Waals surface area contributed by atoms with E-state index >= 15 is 0 Å². The van der Waals surface area contributed by atoms with Crippen molar-refractivity contribution in [3.63, 3.8) is 0 Å². The zero-order valence-electron chi connectivity index (χ0n) is 20.2. The van der Waals surface area contributed by atoms with Crippen LogP contribution in [0.3, 0.4) is 0 Å². The fourth-order valence-corrected chi connectivity index (χ4v) is 4.78. The van der Waals surface area contributed by atoms with Crippen molar-refractivity contribution in [2.75, 3.05) is 11.9 Å². The van der Waals surface area contributed by atoms with E-state index in [1.807, 2.05) is 12.1 Å².